The van der Waals surface area contributed by atoms with E-state index in [2.05, 4.69) is 55.5 Å². The maximum atomic E-state index is 11.0. The molecule has 2 heteroatoms. The van der Waals surface area contributed by atoms with Gasteiger partial charge in [0.1, 0.15) is 0 Å². The quantitative estimate of drug-likeness (QED) is 0.802. The van der Waals surface area contributed by atoms with Gasteiger partial charge in [0.05, 0.1) is 6.42 Å². The summed E-state index contributed by atoms with van der Waals surface area (Å²) in [5.41, 5.74) is 6.22. The molecular formula is C21H22O2. The standard InChI is InChI=1S/C21H22O2/c1-15-5-2-3-6-17(15)11-9-16-10-12-20-18(13-16)7-4-8-19(20)14-21(22)23/h2-3,5-6,9-13,19H,4,7-8,14H2,1H3,(H,22,23)/b11-9+. The SMILES string of the molecule is Cc1ccccc1/C=C/c1ccc2c(c1)CCCC2CC(=O)O. The molecule has 0 aromatic heterocycles. The molecule has 0 saturated heterocycles. The van der Waals surface area contributed by atoms with E-state index in [9.17, 15) is 4.79 Å². The van der Waals surface area contributed by atoms with Crippen LogP contribution in [0.5, 0.6) is 0 Å². The number of carboxylic acid groups (broad SMARTS) is 1. The van der Waals surface area contributed by atoms with Crippen molar-refractivity contribution in [2.24, 2.45) is 0 Å². The van der Waals surface area contributed by atoms with Gasteiger partial charge < -0.3 is 5.11 Å². The van der Waals surface area contributed by atoms with Gasteiger partial charge in [0.15, 0.2) is 0 Å². The first-order valence-electron chi connectivity index (χ1n) is 8.22. The molecule has 1 unspecified atom stereocenters. The van der Waals surface area contributed by atoms with Gasteiger partial charge >= 0.3 is 5.97 Å². The number of benzene rings is 2. The highest BCUT2D eigenvalue weighted by Gasteiger charge is 2.22. The molecule has 1 aliphatic carbocycles. The second kappa shape index (κ2) is 6.82. The van der Waals surface area contributed by atoms with Gasteiger partial charge in [-0.1, -0.05) is 54.6 Å². The molecule has 0 heterocycles. The van der Waals surface area contributed by atoms with Crippen molar-refractivity contribution in [1.82, 2.24) is 0 Å². The molecule has 0 saturated carbocycles. The molecule has 0 radical (unpaired) electrons. The summed E-state index contributed by atoms with van der Waals surface area (Å²) >= 11 is 0. The number of hydrogen-bond acceptors (Lipinski definition) is 1. The third-order valence-electron chi connectivity index (χ3n) is 4.67. The molecular weight excluding hydrogens is 284 g/mol. The Labute approximate surface area is 137 Å². The summed E-state index contributed by atoms with van der Waals surface area (Å²) in [6.45, 7) is 2.11. The molecule has 2 nitrogen and oxygen atoms in total. The van der Waals surface area contributed by atoms with Crippen LogP contribution < -0.4 is 0 Å². The molecule has 1 atom stereocenters. The van der Waals surface area contributed by atoms with E-state index in [-0.39, 0.29) is 12.3 Å². The number of aliphatic carboxylic acids is 1. The Bertz CT molecular complexity index is 743. The van der Waals surface area contributed by atoms with E-state index in [1.54, 1.807) is 0 Å². The lowest BCUT2D eigenvalue weighted by Crippen LogP contribution is -2.13. The molecule has 0 aliphatic heterocycles. The molecule has 2 aromatic carbocycles. The zero-order valence-corrected chi connectivity index (χ0v) is 13.5. The van der Waals surface area contributed by atoms with Crippen LogP contribution in [0.15, 0.2) is 42.5 Å². The number of fused-ring (bicyclic) bond motifs is 1. The summed E-state index contributed by atoms with van der Waals surface area (Å²) in [5.74, 6) is -0.531. The first-order valence-corrected chi connectivity index (χ1v) is 8.22. The van der Waals surface area contributed by atoms with Gasteiger partial charge in [-0.15, -0.1) is 0 Å². The summed E-state index contributed by atoms with van der Waals surface area (Å²) in [6.07, 6.45) is 7.65. The van der Waals surface area contributed by atoms with Crippen molar-refractivity contribution in [3.63, 3.8) is 0 Å². The van der Waals surface area contributed by atoms with Crippen molar-refractivity contribution in [3.05, 3.63) is 70.3 Å². The van der Waals surface area contributed by atoms with Crippen LogP contribution in [-0.2, 0) is 11.2 Å². The van der Waals surface area contributed by atoms with Crippen molar-refractivity contribution in [3.8, 4) is 0 Å². The highest BCUT2D eigenvalue weighted by Crippen LogP contribution is 2.34. The van der Waals surface area contributed by atoms with Crippen LogP contribution in [0.2, 0.25) is 0 Å². The minimum absolute atomic E-state index is 0.172. The first-order chi connectivity index (χ1) is 11.1. The van der Waals surface area contributed by atoms with E-state index in [1.807, 2.05) is 6.07 Å². The second-order valence-electron chi connectivity index (χ2n) is 6.34. The smallest absolute Gasteiger partial charge is 0.303 e. The van der Waals surface area contributed by atoms with E-state index in [0.29, 0.717) is 0 Å². The number of carbonyl (C=O) groups is 1. The van der Waals surface area contributed by atoms with Crippen molar-refractivity contribution in [1.29, 1.82) is 0 Å². The summed E-state index contributed by atoms with van der Waals surface area (Å²) in [6, 6.07) is 14.8. The average molecular weight is 306 g/mol. The fourth-order valence-electron chi connectivity index (χ4n) is 3.42. The Balaban J connectivity index is 1.83. The molecule has 2 aromatic rings. The van der Waals surface area contributed by atoms with E-state index in [4.69, 9.17) is 5.11 Å². The van der Waals surface area contributed by atoms with Gasteiger partial charge in [-0.05, 0) is 59.9 Å². The average Bonchev–Trinajstić information content (AvgIpc) is 2.53. The number of rotatable bonds is 4. The lowest BCUT2D eigenvalue weighted by atomic mass is 9.80. The highest BCUT2D eigenvalue weighted by atomic mass is 16.4. The van der Waals surface area contributed by atoms with Crippen LogP contribution in [0.4, 0.5) is 0 Å². The molecule has 0 spiro atoms. The van der Waals surface area contributed by atoms with Gasteiger partial charge in [-0.2, -0.15) is 0 Å². The number of aryl methyl sites for hydroxylation is 2. The molecule has 23 heavy (non-hydrogen) atoms. The van der Waals surface area contributed by atoms with Crippen molar-refractivity contribution in [2.75, 3.05) is 0 Å². The Morgan fingerprint density at radius 3 is 2.83 bits per heavy atom. The molecule has 0 fully saturated rings. The van der Waals surface area contributed by atoms with E-state index >= 15 is 0 Å². The van der Waals surface area contributed by atoms with Crippen LogP contribution in [0, 0.1) is 6.92 Å². The minimum atomic E-state index is -0.702. The fourth-order valence-corrected chi connectivity index (χ4v) is 3.42. The third-order valence-corrected chi connectivity index (χ3v) is 4.67. The third kappa shape index (κ3) is 3.70. The van der Waals surface area contributed by atoms with Crippen LogP contribution in [0.1, 0.15) is 53.0 Å². The molecule has 3 rings (SSSR count). The monoisotopic (exact) mass is 306 g/mol. The minimum Gasteiger partial charge on any atom is -0.481 e. The summed E-state index contributed by atoms with van der Waals surface area (Å²) in [7, 11) is 0. The fraction of sp³-hybridized carbons (Fsp3) is 0.286. The summed E-state index contributed by atoms with van der Waals surface area (Å²) in [4.78, 5) is 11.0. The maximum Gasteiger partial charge on any atom is 0.303 e. The zero-order chi connectivity index (χ0) is 16.2. The van der Waals surface area contributed by atoms with Gasteiger partial charge in [-0.25, -0.2) is 0 Å². The lowest BCUT2D eigenvalue weighted by molar-refractivity contribution is -0.137. The number of carboxylic acids is 1. The van der Waals surface area contributed by atoms with E-state index in [0.717, 1.165) is 19.3 Å². The van der Waals surface area contributed by atoms with Crippen molar-refractivity contribution in [2.45, 2.75) is 38.5 Å². The second-order valence-corrected chi connectivity index (χ2v) is 6.34. The van der Waals surface area contributed by atoms with Crippen LogP contribution in [0.25, 0.3) is 12.2 Å². The summed E-state index contributed by atoms with van der Waals surface area (Å²) in [5, 5.41) is 9.07. The Morgan fingerprint density at radius 1 is 1.22 bits per heavy atom. The maximum absolute atomic E-state index is 11.0. The van der Waals surface area contributed by atoms with Crippen molar-refractivity contribution >= 4 is 18.1 Å². The molecule has 0 bridgehead atoms. The Kier molecular flexibility index (Phi) is 4.61. The highest BCUT2D eigenvalue weighted by molar-refractivity contribution is 5.72. The van der Waals surface area contributed by atoms with Gasteiger partial charge in [0, 0.05) is 0 Å². The van der Waals surface area contributed by atoms with Gasteiger partial charge in [0.2, 0.25) is 0 Å². The van der Waals surface area contributed by atoms with Crippen molar-refractivity contribution < 1.29 is 9.90 Å². The topological polar surface area (TPSA) is 37.3 Å². The van der Waals surface area contributed by atoms with Crippen LogP contribution >= 0.6 is 0 Å². The van der Waals surface area contributed by atoms with Crippen LogP contribution in [0.3, 0.4) is 0 Å². The van der Waals surface area contributed by atoms with Gasteiger partial charge in [0.25, 0.3) is 0 Å². The zero-order valence-electron chi connectivity index (χ0n) is 13.5. The first kappa shape index (κ1) is 15.5. The van der Waals surface area contributed by atoms with E-state index < -0.39 is 5.97 Å². The molecule has 0 amide bonds. The Morgan fingerprint density at radius 2 is 2.04 bits per heavy atom. The number of hydrogen-bond donors (Lipinski definition) is 1. The molecule has 118 valence electrons. The normalized spacial score (nSPS) is 17.2. The molecule has 1 aliphatic rings. The summed E-state index contributed by atoms with van der Waals surface area (Å²) < 4.78 is 0. The van der Waals surface area contributed by atoms with Crippen LogP contribution in [-0.4, -0.2) is 11.1 Å². The van der Waals surface area contributed by atoms with Gasteiger partial charge in [-0.3, -0.25) is 4.79 Å². The Hall–Kier alpha value is -2.35. The largest absolute Gasteiger partial charge is 0.481 e. The van der Waals surface area contributed by atoms with E-state index in [1.165, 1.54) is 27.8 Å². The predicted molar refractivity (Wildman–Crippen MR) is 94.5 cm³/mol. The predicted octanol–water partition coefficient (Wildman–Crippen LogP) is 5.06. The lowest BCUT2D eigenvalue weighted by Gasteiger charge is -2.24. The molecule has 1 N–H and O–H groups in total.